The molecule has 2 rings (SSSR count). The molecule has 0 bridgehead atoms. The third kappa shape index (κ3) is 5.49. The van der Waals surface area contributed by atoms with Crippen LogP contribution in [0.4, 0.5) is 13.2 Å². The number of benzene rings is 2. The van der Waals surface area contributed by atoms with Crippen molar-refractivity contribution in [1.29, 1.82) is 0 Å². The number of halogens is 3. The molecule has 0 spiro atoms. The van der Waals surface area contributed by atoms with E-state index in [1.807, 2.05) is 0 Å². The van der Waals surface area contributed by atoms with E-state index < -0.39 is 18.1 Å². The summed E-state index contributed by atoms with van der Waals surface area (Å²) in [6, 6.07) is 7.11. The van der Waals surface area contributed by atoms with E-state index in [9.17, 15) is 18.0 Å². The molecule has 30 heavy (non-hydrogen) atoms. The summed E-state index contributed by atoms with van der Waals surface area (Å²) in [5.41, 5.74) is 0.495. The summed E-state index contributed by atoms with van der Waals surface area (Å²) in [5.74, 6) is 0.0974. The van der Waals surface area contributed by atoms with Crippen molar-refractivity contribution in [1.82, 2.24) is 5.32 Å². The van der Waals surface area contributed by atoms with E-state index in [1.54, 1.807) is 24.3 Å². The first-order chi connectivity index (χ1) is 14.2. The van der Waals surface area contributed by atoms with Gasteiger partial charge in [-0.2, -0.15) is 13.2 Å². The van der Waals surface area contributed by atoms with Crippen LogP contribution in [0.3, 0.4) is 0 Å². The highest BCUT2D eigenvalue weighted by atomic mass is 19.4. The lowest BCUT2D eigenvalue weighted by Gasteiger charge is -2.24. The van der Waals surface area contributed by atoms with Crippen molar-refractivity contribution in [2.45, 2.75) is 25.1 Å². The van der Waals surface area contributed by atoms with Crippen molar-refractivity contribution < 1.29 is 36.9 Å². The second kappa shape index (κ2) is 10.1. The lowest BCUT2D eigenvalue weighted by Crippen LogP contribution is -2.38. The Kier molecular flexibility index (Phi) is 7.79. The molecule has 0 fully saturated rings. The van der Waals surface area contributed by atoms with Gasteiger partial charge < -0.3 is 24.3 Å². The number of hydrogen-bond acceptors (Lipinski definition) is 5. The zero-order chi connectivity index (χ0) is 22.3. The topological polar surface area (TPSA) is 66.0 Å². The fourth-order valence-electron chi connectivity index (χ4n) is 3.01. The lowest BCUT2D eigenvalue weighted by atomic mass is 10.0. The number of hydrogen-bond donors (Lipinski definition) is 1. The molecule has 0 saturated heterocycles. The van der Waals surface area contributed by atoms with Gasteiger partial charge in [0.05, 0.1) is 28.4 Å². The van der Waals surface area contributed by atoms with Crippen LogP contribution >= 0.6 is 0 Å². The Labute approximate surface area is 172 Å². The van der Waals surface area contributed by atoms with Crippen LogP contribution in [0.1, 0.15) is 23.6 Å². The number of aryl methyl sites for hydroxylation is 1. The molecule has 0 heterocycles. The number of nitrogens with one attached hydrogen (secondary N) is 1. The lowest BCUT2D eigenvalue weighted by molar-refractivity contribution is -0.163. The number of amides is 1. The number of alkyl halides is 3. The fraction of sp³-hybridized carbons (Fsp3) is 0.381. The van der Waals surface area contributed by atoms with Crippen LogP contribution in [-0.2, 0) is 11.2 Å². The second-order valence-corrected chi connectivity index (χ2v) is 6.31. The van der Waals surface area contributed by atoms with Gasteiger partial charge in [0.2, 0.25) is 11.7 Å². The molecule has 164 valence electrons. The highest BCUT2D eigenvalue weighted by molar-refractivity contribution is 5.77. The molecule has 0 aliphatic rings. The first-order valence-corrected chi connectivity index (χ1v) is 9.03. The van der Waals surface area contributed by atoms with Gasteiger partial charge in [-0.05, 0) is 35.7 Å². The normalized spacial score (nSPS) is 12.1. The predicted octanol–water partition coefficient (Wildman–Crippen LogP) is 4.07. The van der Waals surface area contributed by atoms with Crippen molar-refractivity contribution in [2.24, 2.45) is 0 Å². The standard InChI is InChI=1S/C21H24F3NO5/c1-27-15-8-6-5-7-13(15)9-10-18(26)25-20(21(22,23)24)14-11-16(28-2)19(30-4)17(12-14)29-3/h5-8,11-12,20H,9-10H2,1-4H3,(H,25,26). The zero-order valence-corrected chi connectivity index (χ0v) is 17.1. The summed E-state index contributed by atoms with van der Waals surface area (Å²) in [7, 11) is 5.44. The van der Waals surface area contributed by atoms with Gasteiger partial charge in [0.1, 0.15) is 5.75 Å². The third-order valence-electron chi connectivity index (χ3n) is 4.47. The van der Waals surface area contributed by atoms with Gasteiger partial charge in [-0.25, -0.2) is 0 Å². The molecule has 2 aromatic rings. The Hall–Kier alpha value is -3.10. The van der Waals surface area contributed by atoms with E-state index in [2.05, 4.69) is 5.32 Å². The number of methoxy groups -OCH3 is 4. The van der Waals surface area contributed by atoms with Crippen LogP contribution in [-0.4, -0.2) is 40.5 Å². The van der Waals surface area contributed by atoms with Gasteiger partial charge in [0.25, 0.3) is 0 Å². The average Bonchev–Trinajstić information content (AvgIpc) is 2.74. The van der Waals surface area contributed by atoms with Gasteiger partial charge in [-0.1, -0.05) is 18.2 Å². The molecular formula is C21H24F3NO5. The third-order valence-corrected chi connectivity index (χ3v) is 4.47. The van der Waals surface area contributed by atoms with Crippen LogP contribution in [0.2, 0.25) is 0 Å². The van der Waals surface area contributed by atoms with Gasteiger partial charge in [0, 0.05) is 6.42 Å². The van der Waals surface area contributed by atoms with E-state index in [1.165, 1.54) is 40.6 Å². The Morgan fingerprint density at radius 2 is 1.50 bits per heavy atom. The molecule has 0 aliphatic heterocycles. The van der Waals surface area contributed by atoms with Gasteiger partial charge >= 0.3 is 6.18 Å². The fourth-order valence-corrected chi connectivity index (χ4v) is 3.01. The minimum absolute atomic E-state index is 0.0596. The van der Waals surface area contributed by atoms with Crippen LogP contribution in [0.15, 0.2) is 36.4 Å². The van der Waals surface area contributed by atoms with E-state index in [4.69, 9.17) is 18.9 Å². The molecule has 2 aromatic carbocycles. The van der Waals surface area contributed by atoms with Crippen LogP contribution in [0.5, 0.6) is 23.0 Å². The van der Waals surface area contributed by atoms with Crippen molar-refractivity contribution in [2.75, 3.05) is 28.4 Å². The Bertz CT molecular complexity index is 845. The maximum absolute atomic E-state index is 13.8. The number of carbonyl (C=O) groups is 1. The predicted molar refractivity (Wildman–Crippen MR) is 104 cm³/mol. The summed E-state index contributed by atoms with van der Waals surface area (Å²) in [5, 5.41) is 2.06. The Morgan fingerprint density at radius 1 is 0.933 bits per heavy atom. The minimum Gasteiger partial charge on any atom is -0.496 e. The SMILES string of the molecule is COc1ccccc1CCC(=O)NC(c1cc(OC)c(OC)c(OC)c1)C(F)(F)F. The molecule has 1 N–H and O–H groups in total. The summed E-state index contributed by atoms with van der Waals surface area (Å²) in [6.45, 7) is 0. The number of rotatable bonds is 9. The molecule has 1 atom stereocenters. The van der Waals surface area contributed by atoms with E-state index in [0.717, 1.165) is 5.56 Å². The summed E-state index contributed by atoms with van der Waals surface area (Å²) in [4.78, 5) is 12.3. The zero-order valence-electron chi connectivity index (χ0n) is 17.1. The maximum atomic E-state index is 13.8. The maximum Gasteiger partial charge on any atom is 0.412 e. The smallest absolute Gasteiger partial charge is 0.412 e. The first-order valence-electron chi connectivity index (χ1n) is 9.03. The molecule has 0 aromatic heterocycles. The van der Waals surface area contributed by atoms with E-state index >= 15 is 0 Å². The van der Waals surface area contributed by atoms with Crippen LogP contribution in [0.25, 0.3) is 0 Å². The van der Waals surface area contributed by atoms with Gasteiger partial charge in [-0.3, -0.25) is 4.79 Å². The highest BCUT2D eigenvalue weighted by Gasteiger charge is 2.42. The van der Waals surface area contributed by atoms with Crippen LogP contribution in [0, 0.1) is 0 Å². The Balaban J connectivity index is 2.25. The summed E-state index contributed by atoms with van der Waals surface area (Å²) < 4.78 is 61.8. The second-order valence-electron chi connectivity index (χ2n) is 6.31. The van der Waals surface area contributed by atoms with Crippen molar-refractivity contribution in [3.05, 3.63) is 47.5 Å². The summed E-state index contributed by atoms with van der Waals surface area (Å²) >= 11 is 0. The van der Waals surface area contributed by atoms with Crippen LogP contribution < -0.4 is 24.3 Å². The number of para-hydroxylation sites is 1. The highest BCUT2D eigenvalue weighted by Crippen LogP contribution is 2.43. The Morgan fingerprint density at radius 3 is 2.00 bits per heavy atom. The van der Waals surface area contributed by atoms with Gasteiger partial charge in [0.15, 0.2) is 17.5 Å². The average molecular weight is 427 g/mol. The van der Waals surface area contributed by atoms with Crippen molar-refractivity contribution in [3.8, 4) is 23.0 Å². The van der Waals surface area contributed by atoms with E-state index in [-0.39, 0.29) is 35.7 Å². The molecule has 0 radical (unpaired) electrons. The molecule has 1 amide bonds. The minimum atomic E-state index is -4.73. The molecular weight excluding hydrogens is 403 g/mol. The van der Waals surface area contributed by atoms with Crippen molar-refractivity contribution in [3.63, 3.8) is 0 Å². The molecule has 0 aliphatic carbocycles. The largest absolute Gasteiger partial charge is 0.496 e. The first kappa shape index (κ1) is 23.2. The molecule has 9 heteroatoms. The molecule has 1 unspecified atom stereocenters. The number of carbonyl (C=O) groups excluding carboxylic acids is 1. The monoisotopic (exact) mass is 427 g/mol. The van der Waals surface area contributed by atoms with Gasteiger partial charge in [-0.15, -0.1) is 0 Å². The van der Waals surface area contributed by atoms with E-state index in [0.29, 0.717) is 5.75 Å². The van der Waals surface area contributed by atoms with Crippen molar-refractivity contribution >= 4 is 5.91 Å². The molecule has 6 nitrogen and oxygen atoms in total. The summed E-state index contributed by atoms with van der Waals surface area (Å²) in [6.07, 6.45) is -4.64. The quantitative estimate of drug-likeness (QED) is 0.654. The number of ether oxygens (including phenoxy) is 4. The molecule has 0 saturated carbocycles.